The predicted molar refractivity (Wildman–Crippen MR) is 137 cm³/mol. The molecule has 0 spiro atoms. The number of rotatable bonds is 6. The highest BCUT2D eigenvalue weighted by Crippen LogP contribution is 2.29. The highest BCUT2D eigenvalue weighted by atomic mass is 35.5. The van der Waals surface area contributed by atoms with Crippen LogP contribution in [-0.2, 0) is 16.6 Å². The van der Waals surface area contributed by atoms with Crippen LogP contribution in [0, 0.1) is 0 Å². The largest absolute Gasteiger partial charge is 0.368 e. The lowest BCUT2D eigenvalue weighted by molar-refractivity contribution is 0.581. The van der Waals surface area contributed by atoms with Gasteiger partial charge in [0.2, 0.25) is 10.0 Å². The van der Waals surface area contributed by atoms with Crippen molar-refractivity contribution in [1.82, 2.24) is 14.7 Å². The molecule has 5 rings (SSSR count). The molecule has 9 heteroatoms. The summed E-state index contributed by atoms with van der Waals surface area (Å²) in [5.74, 6) is 0. The summed E-state index contributed by atoms with van der Waals surface area (Å²) in [5, 5.41) is 0. The molecular formula is C25H26ClN5O2S. The van der Waals surface area contributed by atoms with Crippen LogP contribution in [0.1, 0.15) is 12.0 Å². The van der Waals surface area contributed by atoms with Crippen molar-refractivity contribution < 1.29 is 8.42 Å². The quantitative estimate of drug-likeness (QED) is 0.422. The molecule has 3 heterocycles. The molecule has 3 N–H and O–H groups in total. The van der Waals surface area contributed by atoms with E-state index in [1.807, 2.05) is 54.6 Å². The van der Waals surface area contributed by atoms with Gasteiger partial charge in [0.05, 0.1) is 21.8 Å². The number of nitrogens with two attached hydrogens (primary N) is 1. The Bertz CT molecular complexity index is 1400. The van der Waals surface area contributed by atoms with E-state index in [0.717, 1.165) is 47.4 Å². The normalized spacial score (nSPS) is 15.9. The Morgan fingerprint density at radius 3 is 2.62 bits per heavy atom. The van der Waals surface area contributed by atoms with Crippen LogP contribution in [0.4, 0.5) is 5.69 Å². The maximum atomic E-state index is 12.9. The minimum absolute atomic E-state index is 0. The first kappa shape index (κ1) is 24.1. The van der Waals surface area contributed by atoms with Crippen LogP contribution in [0.5, 0.6) is 0 Å². The summed E-state index contributed by atoms with van der Waals surface area (Å²) in [6, 6.07) is 22.2. The van der Waals surface area contributed by atoms with Gasteiger partial charge in [0.25, 0.3) is 0 Å². The summed E-state index contributed by atoms with van der Waals surface area (Å²) in [7, 11) is -3.67. The zero-order valence-electron chi connectivity index (χ0n) is 18.5. The summed E-state index contributed by atoms with van der Waals surface area (Å²) in [6.45, 7) is 1.90. The fraction of sp³-hybridized carbons (Fsp3) is 0.200. The summed E-state index contributed by atoms with van der Waals surface area (Å²) in [5.41, 5.74) is 11.0. The van der Waals surface area contributed by atoms with Gasteiger partial charge in [-0.25, -0.2) is 18.1 Å². The first-order valence-electron chi connectivity index (χ1n) is 10.9. The second-order valence-corrected chi connectivity index (χ2v) is 9.99. The Labute approximate surface area is 205 Å². The van der Waals surface area contributed by atoms with Gasteiger partial charge in [0.15, 0.2) is 0 Å². The van der Waals surface area contributed by atoms with E-state index in [4.69, 9.17) is 10.7 Å². The molecule has 2 aromatic carbocycles. The van der Waals surface area contributed by atoms with E-state index >= 15 is 0 Å². The Morgan fingerprint density at radius 1 is 1.03 bits per heavy atom. The smallest absolute Gasteiger partial charge is 0.240 e. The number of benzene rings is 2. The maximum absolute atomic E-state index is 12.9. The lowest BCUT2D eigenvalue weighted by Gasteiger charge is -2.19. The van der Waals surface area contributed by atoms with E-state index in [1.165, 1.54) is 0 Å². The van der Waals surface area contributed by atoms with Crippen molar-refractivity contribution in [2.24, 2.45) is 5.73 Å². The van der Waals surface area contributed by atoms with Gasteiger partial charge < -0.3 is 10.6 Å². The van der Waals surface area contributed by atoms with Crippen LogP contribution >= 0.6 is 12.4 Å². The van der Waals surface area contributed by atoms with Crippen molar-refractivity contribution in [2.45, 2.75) is 23.9 Å². The van der Waals surface area contributed by atoms with Crippen molar-refractivity contribution in [3.05, 3.63) is 84.6 Å². The molecule has 1 fully saturated rings. The maximum Gasteiger partial charge on any atom is 0.240 e. The number of anilines is 1. The summed E-state index contributed by atoms with van der Waals surface area (Å²) in [6.07, 6.45) is 2.73. The Morgan fingerprint density at radius 2 is 1.85 bits per heavy atom. The zero-order chi connectivity index (χ0) is 22.8. The lowest BCUT2D eigenvalue weighted by atomic mass is 10.1. The molecule has 1 aliphatic rings. The van der Waals surface area contributed by atoms with Gasteiger partial charge in [-0.3, -0.25) is 4.98 Å². The van der Waals surface area contributed by atoms with Gasteiger partial charge >= 0.3 is 0 Å². The molecule has 34 heavy (non-hydrogen) atoms. The highest BCUT2D eigenvalue weighted by Gasteiger charge is 2.22. The minimum Gasteiger partial charge on any atom is -0.368 e. The molecule has 0 unspecified atom stereocenters. The highest BCUT2D eigenvalue weighted by molar-refractivity contribution is 7.89. The molecule has 0 radical (unpaired) electrons. The fourth-order valence-corrected chi connectivity index (χ4v) is 5.18. The van der Waals surface area contributed by atoms with E-state index in [0.29, 0.717) is 5.69 Å². The fourth-order valence-electron chi connectivity index (χ4n) is 4.11. The van der Waals surface area contributed by atoms with Crippen LogP contribution in [0.2, 0.25) is 0 Å². The van der Waals surface area contributed by atoms with Crippen molar-refractivity contribution >= 4 is 39.2 Å². The van der Waals surface area contributed by atoms with Gasteiger partial charge in [-0.2, -0.15) is 0 Å². The number of aromatic nitrogens is 2. The number of sulfonamides is 1. The van der Waals surface area contributed by atoms with E-state index in [9.17, 15) is 8.42 Å². The van der Waals surface area contributed by atoms with Crippen molar-refractivity contribution in [3.63, 3.8) is 0 Å². The number of nitrogens with zero attached hydrogens (tertiary/aromatic N) is 3. The predicted octanol–water partition coefficient (Wildman–Crippen LogP) is 3.73. The number of hydrogen-bond donors (Lipinski definition) is 2. The van der Waals surface area contributed by atoms with Crippen LogP contribution in [0.25, 0.3) is 22.3 Å². The lowest BCUT2D eigenvalue weighted by Crippen LogP contribution is -2.26. The van der Waals surface area contributed by atoms with Crippen molar-refractivity contribution in [1.29, 1.82) is 0 Å². The molecule has 7 nitrogen and oxygen atoms in total. The van der Waals surface area contributed by atoms with Gasteiger partial charge in [-0.15, -0.1) is 12.4 Å². The monoisotopic (exact) mass is 495 g/mol. The van der Waals surface area contributed by atoms with Gasteiger partial charge in [-0.1, -0.05) is 42.5 Å². The molecule has 0 saturated carbocycles. The molecule has 0 amide bonds. The van der Waals surface area contributed by atoms with E-state index in [2.05, 4.69) is 14.6 Å². The van der Waals surface area contributed by atoms with Crippen LogP contribution in [0.15, 0.2) is 83.9 Å². The molecule has 1 atom stereocenters. The third-order valence-electron chi connectivity index (χ3n) is 5.88. The second kappa shape index (κ2) is 10.1. The third kappa shape index (κ3) is 5.05. The first-order chi connectivity index (χ1) is 16.0. The summed E-state index contributed by atoms with van der Waals surface area (Å²) < 4.78 is 28.5. The standard InChI is InChI=1S/C25H25N5O2S.ClH/c26-20-12-14-30(17-20)24-11-13-27-23-10-9-22(29-25(23)24)19-7-4-8-21(15-19)33(31,32)28-16-18-5-2-1-3-6-18;/h1-11,13,15,20,28H,12,14,16-17,26H2;1H/t20-;/m0./s1. The number of hydrogen-bond acceptors (Lipinski definition) is 6. The average Bonchev–Trinajstić information content (AvgIpc) is 3.29. The SMILES string of the molecule is Cl.N[C@H]1CCN(c2ccnc3ccc(-c4cccc(S(=O)(=O)NCc5ccccc5)c4)nc23)C1. The second-order valence-electron chi connectivity index (χ2n) is 8.23. The Kier molecular flexibility index (Phi) is 7.13. The molecule has 0 bridgehead atoms. The molecule has 1 aliphatic heterocycles. The molecule has 2 aromatic heterocycles. The third-order valence-corrected chi connectivity index (χ3v) is 7.28. The summed E-state index contributed by atoms with van der Waals surface area (Å²) in [4.78, 5) is 11.8. The van der Waals surface area contributed by atoms with Crippen LogP contribution in [0.3, 0.4) is 0 Å². The zero-order valence-corrected chi connectivity index (χ0v) is 20.1. The molecule has 0 aliphatic carbocycles. The Hall–Kier alpha value is -3.04. The van der Waals surface area contributed by atoms with Gasteiger partial charge in [0, 0.05) is 37.4 Å². The molecule has 1 saturated heterocycles. The number of fused-ring (bicyclic) bond motifs is 1. The number of halogens is 1. The van der Waals surface area contributed by atoms with Gasteiger partial charge in [0.1, 0.15) is 5.52 Å². The number of nitrogens with one attached hydrogen (secondary N) is 1. The van der Waals surface area contributed by atoms with E-state index < -0.39 is 10.0 Å². The topological polar surface area (TPSA) is 101 Å². The van der Waals surface area contributed by atoms with E-state index in [-0.39, 0.29) is 29.9 Å². The van der Waals surface area contributed by atoms with Crippen LogP contribution in [-0.4, -0.2) is 37.5 Å². The minimum atomic E-state index is -3.67. The molecular weight excluding hydrogens is 470 g/mol. The first-order valence-corrected chi connectivity index (χ1v) is 12.4. The Balaban J connectivity index is 0.00000274. The molecule has 176 valence electrons. The van der Waals surface area contributed by atoms with Crippen molar-refractivity contribution in [2.75, 3.05) is 18.0 Å². The number of pyridine rings is 2. The van der Waals surface area contributed by atoms with E-state index in [1.54, 1.807) is 24.4 Å². The molecule has 4 aromatic rings. The van der Waals surface area contributed by atoms with Crippen molar-refractivity contribution in [3.8, 4) is 11.3 Å². The summed E-state index contributed by atoms with van der Waals surface area (Å²) >= 11 is 0. The van der Waals surface area contributed by atoms with Crippen LogP contribution < -0.4 is 15.4 Å². The average molecular weight is 496 g/mol. The van der Waals surface area contributed by atoms with Gasteiger partial charge in [-0.05, 0) is 42.3 Å².